The molecule has 108 valence electrons. The third kappa shape index (κ3) is 1.56. The van der Waals surface area contributed by atoms with Crippen molar-refractivity contribution in [3.63, 3.8) is 0 Å². The minimum absolute atomic E-state index is 0.276. The molecule has 3 heteroatoms. The highest BCUT2D eigenvalue weighted by molar-refractivity contribution is 5.86. The molecule has 3 aromatic rings. The van der Waals surface area contributed by atoms with Gasteiger partial charge in [0.05, 0.1) is 5.69 Å². The van der Waals surface area contributed by atoms with E-state index >= 15 is 0 Å². The van der Waals surface area contributed by atoms with Crippen molar-refractivity contribution in [1.29, 1.82) is 0 Å². The van der Waals surface area contributed by atoms with E-state index in [0.29, 0.717) is 0 Å². The summed E-state index contributed by atoms with van der Waals surface area (Å²) in [5.74, 6) is 0. The summed E-state index contributed by atoms with van der Waals surface area (Å²) in [6.07, 6.45) is 4.41. The lowest BCUT2D eigenvalue weighted by atomic mass is 9.88. The molecule has 0 radical (unpaired) electrons. The highest BCUT2D eigenvalue weighted by atomic mass is 15.5. The number of hydrogen-bond acceptors (Lipinski definition) is 2. The molecule has 3 nitrogen and oxygen atoms in total. The number of benzene rings is 2. The van der Waals surface area contributed by atoms with Gasteiger partial charge in [0.15, 0.2) is 0 Å². The van der Waals surface area contributed by atoms with Gasteiger partial charge in [0.2, 0.25) is 0 Å². The minimum atomic E-state index is 0.276. The Hall–Kier alpha value is -2.68. The normalized spacial score (nSPS) is 19.5. The summed E-state index contributed by atoms with van der Waals surface area (Å²) in [6.45, 7) is 0. The van der Waals surface area contributed by atoms with Crippen LogP contribution in [0.2, 0.25) is 0 Å². The average Bonchev–Trinajstić information content (AvgIpc) is 3.16. The van der Waals surface area contributed by atoms with Gasteiger partial charge in [-0.15, -0.1) is 0 Å². The van der Waals surface area contributed by atoms with E-state index in [9.17, 15) is 0 Å². The van der Waals surface area contributed by atoms with E-state index in [4.69, 9.17) is 0 Å². The molecular formula is C19H17N3. The summed E-state index contributed by atoms with van der Waals surface area (Å²) < 4.78 is 0. The lowest BCUT2D eigenvalue weighted by Crippen LogP contribution is -2.34. The summed E-state index contributed by atoms with van der Waals surface area (Å²) in [4.78, 5) is 3.66. The molecule has 0 spiro atoms. The van der Waals surface area contributed by atoms with Crippen molar-refractivity contribution < 1.29 is 0 Å². The van der Waals surface area contributed by atoms with Crippen molar-refractivity contribution in [2.75, 3.05) is 5.01 Å². The summed E-state index contributed by atoms with van der Waals surface area (Å²) in [7, 11) is 0. The van der Waals surface area contributed by atoms with E-state index in [2.05, 4.69) is 76.2 Å². The SMILES string of the molecule is C1=C2CCc3c([nH]c4ccccc34)[C@H]2N(c2ccccc2)N1. The van der Waals surface area contributed by atoms with Crippen LogP contribution < -0.4 is 10.4 Å². The molecule has 0 unspecified atom stereocenters. The van der Waals surface area contributed by atoms with Crippen molar-refractivity contribution in [3.05, 3.63) is 77.6 Å². The molecule has 1 atom stereocenters. The van der Waals surface area contributed by atoms with Gasteiger partial charge in [-0.25, -0.2) is 0 Å². The van der Waals surface area contributed by atoms with Gasteiger partial charge in [0.1, 0.15) is 6.04 Å². The molecule has 1 aliphatic heterocycles. The fraction of sp³-hybridized carbons (Fsp3) is 0.158. The Balaban J connectivity index is 1.68. The Kier molecular flexibility index (Phi) is 2.39. The first-order chi connectivity index (χ1) is 10.9. The second-order valence-electron chi connectivity index (χ2n) is 6.02. The summed E-state index contributed by atoms with van der Waals surface area (Å²) in [5, 5.41) is 3.64. The second-order valence-corrected chi connectivity index (χ2v) is 6.02. The van der Waals surface area contributed by atoms with Gasteiger partial charge in [-0.2, -0.15) is 0 Å². The van der Waals surface area contributed by atoms with E-state index in [-0.39, 0.29) is 6.04 Å². The lowest BCUT2D eigenvalue weighted by Gasteiger charge is -2.31. The van der Waals surface area contributed by atoms with Gasteiger partial charge in [0, 0.05) is 22.8 Å². The Morgan fingerprint density at radius 3 is 2.64 bits per heavy atom. The van der Waals surface area contributed by atoms with E-state index < -0.39 is 0 Å². The molecule has 1 aromatic heterocycles. The van der Waals surface area contributed by atoms with E-state index in [1.54, 1.807) is 0 Å². The maximum Gasteiger partial charge on any atom is 0.113 e. The number of aromatic nitrogens is 1. The number of fused-ring (bicyclic) bond motifs is 5. The molecule has 0 saturated carbocycles. The zero-order valence-corrected chi connectivity index (χ0v) is 12.2. The van der Waals surface area contributed by atoms with Crippen molar-refractivity contribution in [2.45, 2.75) is 18.9 Å². The quantitative estimate of drug-likeness (QED) is 0.707. The fourth-order valence-corrected chi connectivity index (χ4v) is 3.80. The fourth-order valence-electron chi connectivity index (χ4n) is 3.80. The number of anilines is 1. The zero-order chi connectivity index (χ0) is 14.5. The van der Waals surface area contributed by atoms with Crippen LogP contribution >= 0.6 is 0 Å². The van der Waals surface area contributed by atoms with E-state index in [1.807, 2.05) is 0 Å². The summed E-state index contributed by atoms with van der Waals surface area (Å²) in [5.41, 5.74) is 10.2. The van der Waals surface area contributed by atoms with Gasteiger partial charge in [-0.3, -0.25) is 5.01 Å². The van der Waals surface area contributed by atoms with Crippen LogP contribution in [0.15, 0.2) is 66.4 Å². The molecule has 1 aliphatic carbocycles. The third-order valence-electron chi connectivity index (χ3n) is 4.82. The average molecular weight is 287 g/mol. The Labute approximate surface area is 129 Å². The maximum atomic E-state index is 3.66. The first kappa shape index (κ1) is 11.9. The Morgan fingerprint density at radius 1 is 0.909 bits per heavy atom. The molecule has 2 aliphatic rings. The molecular weight excluding hydrogens is 270 g/mol. The van der Waals surface area contributed by atoms with Crippen LogP contribution in [0.1, 0.15) is 23.7 Å². The predicted molar refractivity (Wildman–Crippen MR) is 89.5 cm³/mol. The van der Waals surface area contributed by atoms with Gasteiger partial charge in [0.25, 0.3) is 0 Å². The van der Waals surface area contributed by atoms with Crippen molar-refractivity contribution in [1.82, 2.24) is 10.4 Å². The van der Waals surface area contributed by atoms with Crippen LogP contribution in [0.5, 0.6) is 0 Å². The van der Waals surface area contributed by atoms with Crippen molar-refractivity contribution in [3.8, 4) is 0 Å². The van der Waals surface area contributed by atoms with Crippen LogP contribution in [0, 0.1) is 0 Å². The molecule has 0 amide bonds. The topological polar surface area (TPSA) is 31.1 Å². The van der Waals surface area contributed by atoms with Gasteiger partial charge < -0.3 is 10.4 Å². The van der Waals surface area contributed by atoms with Gasteiger partial charge >= 0.3 is 0 Å². The second kappa shape index (κ2) is 4.41. The van der Waals surface area contributed by atoms with Gasteiger partial charge in [-0.1, -0.05) is 36.4 Å². The Bertz CT molecular complexity index is 876. The maximum absolute atomic E-state index is 3.66. The van der Waals surface area contributed by atoms with E-state index in [0.717, 1.165) is 12.8 Å². The summed E-state index contributed by atoms with van der Waals surface area (Å²) in [6, 6.07) is 19.4. The first-order valence-corrected chi connectivity index (χ1v) is 7.81. The first-order valence-electron chi connectivity index (χ1n) is 7.81. The van der Waals surface area contributed by atoms with Crippen molar-refractivity contribution >= 4 is 16.6 Å². The van der Waals surface area contributed by atoms with Crippen LogP contribution in [0.3, 0.4) is 0 Å². The molecule has 22 heavy (non-hydrogen) atoms. The predicted octanol–water partition coefficient (Wildman–Crippen LogP) is 4.06. The molecule has 2 N–H and O–H groups in total. The van der Waals surface area contributed by atoms with Crippen LogP contribution in [0.4, 0.5) is 5.69 Å². The number of nitrogens with one attached hydrogen (secondary N) is 2. The molecule has 0 bridgehead atoms. The third-order valence-corrected chi connectivity index (χ3v) is 4.82. The van der Waals surface area contributed by atoms with E-state index in [1.165, 1.54) is 33.4 Å². The Morgan fingerprint density at radius 2 is 1.73 bits per heavy atom. The van der Waals surface area contributed by atoms with Crippen LogP contribution in [0.25, 0.3) is 10.9 Å². The van der Waals surface area contributed by atoms with Gasteiger partial charge in [-0.05, 0) is 42.2 Å². The van der Waals surface area contributed by atoms with Crippen molar-refractivity contribution in [2.24, 2.45) is 0 Å². The van der Waals surface area contributed by atoms with Crippen LogP contribution in [-0.4, -0.2) is 4.98 Å². The smallest absolute Gasteiger partial charge is 0.113 e. The minimum Gasteiger partial charge on any atom is -0.356 e. The molecule has 2 aromatic carbocycles. The molecule has 2 heterocycles. The number of nitrogens with zero attached hydrogens (tertiary/aromatic N) is 1. The highest BCUT2D eigenvalue weighted by Crippen LogP contribution is 2.43. The highest BCUT2D eigenvalue weighted by Gasteiger charge is 2.35. The standard InChI is InChI=1S/C19H17N3/c1-2-6-14(7-3-1)22-19-13(12-20-22)10-11-16-15-8-4-5-9-17(15)21-18(16)19/h1-9,12,19-21H,10-11H2/t19-/m0/s1. The molecule has 0 fully saturated rings. The number of rotatable bonds is 1. The molecule has 5 rings (SSSR count). The number of hydrazine groups is 1. The molecule has 0 saturated heterocycles. The number of para-hydroxylation sites is 2. The number of hydrogen-bond donors (Lipinski definition) is 2. The number of aromatic amines is 1. The number of aryl methyl sites for hydroxylation is 1. The van der Waals surface area contributed by atoms with Crippen LogP contribution in [-0.2, 0) is 6.42 Å². The largest absolute Gasteiger partial charge is 0.356 e. The lowest BCUT2D eigenvalue weighted by molar-refractivity contribution is 0.643. The zero-order valence-electron chi connectivity index (χ0n) is 12.2. The summed E-state index contributed by atoms with van der Waals surface area (Å²) >= 11 is 0. The number of H-pyrrole nitrogens is 1. The monoisotopic (exact) mass is 287 g/mol.